The minimum absolute atomic E-state index is 0.329. The molecule has 0 amide bonds. The second-order valence-corrected chi connectivity index (χ2v) is 137. The van der Waals surface area contributed by atoms with Crippen molar-refractivity contribution in [2.24, 2.45) is 16.7 Å². The van der Waals surface area contributed by atoms with Gasteiger partial charge < -0.3 is 37.8 Å². The van der Waals surface area contributed by atoms with Gasteiger partial charge in [-0.2, -0.15) is 0 Å². The summed E-state index contributed by atoms with van der Waals surface area (Å²) in [6.07, 6.45) is -2.83. The zero-order chi connectivity index (χ0) is 49.6. The summed E-state index contributed by atoms with van der Waals surface area (Å²) in [5.74, 6) is -0.888. The third-order valence-corrected chi connectivity index (χ3v) is 166. The highest BCUT2D eigenvalue weighted by atomic mass is 33.2. The third kappa shape index (κ3) is 16.9. The van der Waals surface area contributed by atoms with Crippen LogP contribution in [0.2, 0.25) is 0 Å². The molecule has 1 aliphatic heterocycles. The molecular weight excluding hydrogens is 1480 g/mol. The highest BCUT2D eigenvalue weighted by Crippen LogP contribution is 3.18. The lowest BCUT2D eigenvalue weighted by Gasteiger charge is -2.65. The number of fused-ring (bicyclic) bond motifs is 3. The molecular formula is C21H67O9P35. The average Bonchev–Trinajstić information content (AvgIpc) is 3.50. The van der Waals surface area contributed by atoms with Gasteiger partial charge in [0.25, 0.3) is 0 Å². The monoisotopic (exact) mass is 1550 g/mol. The fourth-order valence-electron chi connectivity index (χ4n) is 9.07. The summed E-state index contributed by atoms with van der Waals surface area (Å²) >= 11 is 0. The van der Waals surface area contributed by atoms with E-state index in [4.69, 9.17) is 27.6 Å². The van der Waals surface area contributed by atoms with Crippen LogP contribution < -0.4 is 0 Å². The topological polar surface area (TPSA) is 113 Å². The number of aliphatic hydroxyl groups is 2. The van der Waals surface area contributed by atoms with E-state index in [1.54, 1.807) is 0 Å². The van der Waals surface area contributed by atoms with Crippen LogP contribution in [0.5, 0.6) is 0 Å². The first-order valence-electron chi connectivity index (χ1n) is 18.4. The maximum atomic E-state index is 14.4. The van der Waals surface area contributed by atoms with Crippen molar-refractivity contribution in [3.63, 3.8) is 0 Å². The Labute approximate surface area is 452 Å². The predicted octanol–water partition coefficient (Wildman–Crippen LogP) is 21.3. The van der Waals surface area contributed by atoms with Gasteiger partial charge in [0.05, 0.1) is 61.1 Å². The predicted molar refractivity (Wildman–Crippen MR) is 394 cm³/mol. The van der Waals surface area contributed by atoms with Crippen molar-refractivity contribution in [3.8, 4) is 0 Å². The maximum Gasteiger partial charge on any atom is 0.509 e. The van der Waals surface area contributed by atoms with Crippen molar-refractivity contribution >= 4 is 291 Å². The Morgan fingerprint density at radius 3 is 1.66 bits per heavy atom. The summed E-state index contributed by atoms with van der Waals surface area (Å²) in [4.78, 5) is 14.4. The van der Waals surface area contributed by atoms with Crippen LogP contribution in [0, 0.1) is 16.7 Å². The molecule has 3 fully saturated rings. The van der Waals surface area contributed by atoms with Gasteiger partial charge in [-0.05, 0) is 80.4 Å². The lowest BCUT2D eigenvalue weighted by molar-refractivity contribution is -0.263. The zero-order valence-corrected chi connectivity index (χ0v) is 72.1. The minimum Gasteiger partial charge on any atom is -0.426 e. The number of ether oxygens (including phenoxy) is 2. The lowest BCUT2D eigenvalue weighted by Crippen LogP contribution is -2.74. The van der Waals surface area contributed by atoms with Crippen LogP contribution in [0.15, 0.2) is 11.1 Å². The van der Waals surface area contributed by atoms with Gasteiger partial charge in [0.15, 0.2) is 11.7 Å². The first-order chi connectivity index (χ1) is 29.9. The summed E-state index contributed by atoms with van der Waals surface area (Å²) in [5, 5.41) is 25.6. The van der Waals surface area contributed by atoms with E-state index in [1.807, 2.05) is 0 Å². The van der Waals surface area contributed by atoms with E-state index in [1.165, 1.54) is 0 Å². The number of carbonyl (C=O) groups is 1. The van der Waals surface area contributed by atoms with Gasteiger partial charge in [-0.1, -0.05) is 46.6 Å². The molecule has 4 rings (SSSR count). The summed E-state index contributed by atoms with van der Waals surface area (Å²) in [6, 6.07) is 0. The molecule has 0 radical (unpaired) electrons. The zero-order valence-electron chi connectivity index (χ0n) is 35.7. The highest BCUT2D eigenvalue weighted by Gasteiger charge is 2.76. The van der Waals surface area contributed by atoms with Gasteiger partial charge in [-0.25, -0.2) is 4.79 Å². The standard InChI is InChI=1S/C21H67O9P35/c1-9-10(27-54(63(49)59(41)42)65(61(45)46)62(47)48)7-21-16(25-17(23)26-21)15-19(4,6-11(14(9)18(21,2)3)28-53(58(39)40)64(50-31)60(43)44)12(30-52(56(35)36)57(37)38)5-13(20(15,24)8-22)29-51(32)55(33)34/h10-13,15-16,22,24,50H,5-8,31-49H2,1-4H3/t10-,11+,12-,13+,15-,16-,19+,20-,21+,51?,53?,54?,63?,64?/m0/s1. The summed E-state index contributed by atoms with van der Waals surface area (Å²) in [6.45, 7) is 1.91. The number of rotatable bonds is 21. The molecule has 4 aliphatic rings. The van der Waals surface area contributed by atoms with E-state index in [-0.39, 0.29) is 0 Å². The first kappa shape index (κ1) is 71.3. The highest BCUT2D eigenvalue weighted by molar-refractivity contribution is 9.19. The van der Waals surface area contributed by atoms with Gasteiger partial charge in [0.2, 0.25) is 0 Å². The second-order valence-electron chi connectivity index (χ2n) is 15.8. The van der Waals surface area contributed by atoms with E-state index in [0.29, 0.717) is 27.2 Å². The summed E-state index contributed by atoms with van der Waals surface area (Å²) in [7, 11) is 54.6. The average molecular weight is 1550 g/mol. The summed E-state index contributed by atoms with van der Waals surface area (Å²) < 4.78 is 43.8. The molecule has 3 aliphatic carbocycles. The molecule has 9 nitrogen and oxygen atoms in total. The van der Waals surface area contributed by atoms with Gasteiger partial charge in [0.1, 0.15) is 5.60 Å². The smallest absolute Gasteiger partial charge is 0.426 e. The Hall–Kier alpha value is 13.8. The normalized spacial score (nSPS) is 34.4. The van der Waals surface area contributed by atoms with Crippen LogP contribution in [0.1, 0.15) is 47.0 Å². The Bertz CT molecular complexity index is 1620. The van der Waals surface area contributed by atoms with Crippen molar-refractivity contribution in [3.05, 3.63) is 11.1 Å². The number of hydrogen-bond donors (Lipinski definition) is 2. The van der Waals surface area contributed by atoms with Crippen molar-refractivity contribution in [1.82, 2.24) is 0 Å². The molecule has 2 bridgehead atoms. The van der Waals surface area contributed by atoms with Crippen LogP contribution in [0.4, 0.5) is 4.79 Å². The minimum atomic E-state index is -1.86. The molecule has 2 saturated carbocycles. The number of carbonyl (C=O) groups excluding carboxylic acids is 1. The molecule has 0 aromatic rings. The molecule has 34 atom stereocenters. The number of hydrogen-bond acceptors (Lipinski definition) is 9. The molecule has 380 valence electrons. The molecule has 0 aromatic carbocycles. The quantitative estimate of drug-likeness (QED) is 0.0659. The van der Waals surface area contributed by atoms with Crippen molar-refractivity contribution in [1.29, 1.82) is 0 Å². The molecule has 1 heterocycles. The maximum absolute atomic E-state index is 14.4. The Balaban J connectivity index is 2.20. The Morgan fingerprint density at radius 2 is 1.22 bits per heavy atom. The summed E-state index contributed by atoms with van der Waals surface area (Å²) in [5.41, 5.74) is -2.73. The fraction of sp³-hybridized carbons (Fsp3) is 0.857. The van der Waals surface area contributed by atoms with Gasteiger partial charge >= 0.3 is 6.16 Å². The SMILES string of the molecule is CC1=C2[C@H](OP(P(P)P)P(PP)P(P)P)C[C@]3(C)[C@@H](OP(P(P)P)P(P)P)C[C@@H](OP(P)P(P)P)[C@@](O)(CO)[C@H]3[C@@H]3OC(=O)O[C@@]3(C[C@@H]1OP(P(P)P(P)P)P(P(P)P)P(P)P)C2(C)C. The lowest BCUT2D eigenvalue weighted by atomic mass is 9.46. The molecule has 25 unspecified atom stereocenters. The van der Waals surface area contributed by atoms with Crippen LogP contribution in [-0.2, 0) is 27.6 Å². The number of aliphatic hydroxyl groups excluding tert-OH is 1. The van der Waals surface area contributed by atoms with Crippen LogP contribution >= 0.6 is 285 Å². The van der Waals surface area contributed by atoms with Crippen molar-refractivity contribution in [2.45, 2.75) is 88.7 Å². The van der Waals surface area contributed by atoms with E-state index in [0.717, 1.165) is 11.1 Å². The first-order valence-corrected chi connectivity index (χ1v) is 78.8. The van der Waals surface area contributed by atoms with Gasteiger partial charge in [0, 0.05) is 50.6 Å². The fourth-order valence-corrected chi connectivity index (χ4v) is 207. The molecule has 2 N–H and O–H groups in total. The molecule has 1 saturated heterocycles. The van der Waals surface area contributed by atoms with Crippen LogP contribution in [-0.4, -0.2) is 64.7 Å². The van der Waals surface area contributed by atoms with Crippen LogP contribution in [0.25, 0.3) is 0 Å². The van der Waals surface area contributed by atoms with Crippen molar-refractivity contribution in [2.75, 3.05) is 6.61 Å². The second kappa shape index (κ2) is 31.5. The Morgan fingerprint density at radius 1 is 0.677 bits per heavy atom. The Kier molecular flexibility index (Phi) is 34.5. The van der Waals surface area contributed by atoms with E-state index in [9.17, 15) is 15.0 Å². The largest absolute Gasteiger partial charge is 0.509 e. The van der Waals surface area contributed by atoms with Crippen molar-refractivity contribution < 1.29 is 42.6 Å². The van der Waals surface area contributed by atoms with Gasteiger partial charge in [-0.15, -0.1) is 152 Å². The molecule has 1 spiro atoms. The van der Waals surface area contributed by atoms with E-state index < -0.39 is 178 Å². The van der Waals surface area contributed by atoms with E-state index >= 15 is 0 Å². The van der Waals surface area contributed by atoms with Crippen LogP contribution in [0.3, 0.4) is 0 Å². The van der Waals surface area contributed by atoms with Gasteiger partial charge in [-0.3, -0.25) is 0 Å². The third-order valence-electron chi connectivity index (χ3n) is 11.7. The molecule has 44 heteroatoms. The van der Waals surface area contributed by atoms with E-state index in [2.05, 4.69) is 197 Å². The molecule has 0 aromatic heterocycles. The molecule has 65 heavy (non-hydrogen) atoms.